The van der Waals surface area contributed by atoms with Crippen LogP contribution in [-0.4, -0.2) is 38.0 Å². The predicted molar refractivity (Wildman–Crippen MR) is 134 cm³/mol. The lowest BCUT2D eigenvalue weighted by atomic mass is 10.1. The minimum absolute atomic E-state index is 0.0437. The summed E-state index contributed by atoms with van der Waals surface area (Å²) in [5.74, 6) is -2.68. The van der Waals surface area contributed by atoms with Crippen LogP contribution in [-0.2, 0) is 21.4 Å². The molecule has 11 heteroatoms. The fourth-order valence-electron chi connectivity index (χ4n) is 4.31. The summed E-state index contributed by atoms with van der Waals surface area (Å²) in [6.45, 7) is 1.05. The van der Waals surface area contributed by atoms with Crippen molar-refractivity contribution in [3.8, 4) is 5.69 Å². The molecule has 0 radical (unpaired) electrons. The first-order valence-electron chi connectivity index (χ1n) is 10.5. The fourth-order valence-corrected chi connectivity index (χ4v) is 5.65. The molecule has 9 nitrogen and oxygen atoms in total. The number of aromatic nitrogens is 2. The summed E-state index contributed by atoms with van der Waals surface area (Å²) in [5, 5.41) is 11.3. The molecule has 0 saturated carbocycles. The van der Waals surface area contributed by atoms with Gasteiger partial charge >= 0.3 is 0 Å². The monoisotopic (exact) mass is 505 g/mol. The maximum Gasteiger partial charge on any atom is 0.296 e. The van der Waals surface area contributed by atoms with Crippen LogP contribution in [0.4, 0.5) is 11.4 Å². The molecule has 2 aromatic carbocycles. The first kappa shape index (κ1) is 22.8. The van der Waals surface area contributed by atoms with Gasteiger partial charge in [0.2, 0.25) is 0 Å². The number of hydrogen-bond acceptors (Lipinski definition) is 7. The number of para-hydroxylation sites is 2. The average Bonchev–Trinajstić information content (AvgIpc) is 3.35. The van der Waals surface area contributed by atoms with E-state index in [1.165, 1.54) is 4.68 Å². The number of hydrogen-bond donors (Lipinski definition) is 0. The summed E-state index contributed by atoms with van der Waals surface area (Å²) >= 11 is 6.39. The standard InChI is InChI=1S/C24H18N4O5S2/c1-13-19(22(32)28(25(13)2)14-8-4-3-5-9-14)27-23(33)20(35-24(27)34)18-15-10-6-7-11-16(15)26(21(18)31)12-17(29)30/h3-11H,12H2,1-2H3,(H,29,30)/p-1/b20-18+. The van der Waals surface area contributed by atoms with Crippen LogP contribution in [0.1, 0.15) is 11.3 Å². The van der Waals surface area contributed by atoms with Gasteiger partial charge in [-0.1, -0.05) is 60.4 Å². The van der Waals surface area contributed by atoms with Crippen molar-refractivity contribution < 1.29 is 19.5 Å². The SMILES string of the molecule is Cc1c(N2C(=O)/C(=C3\C(=O)N(CC(=O)[O-])c4ccccc43)SC2=S)c(=O)n(-c2ccccc2)n1C. The maximum absolute atomic E-state index is 13.7. The maximum atomic E-state index is 13.7. The van der Waals surface area contributed by atoms with Crippen molar-refractivity contribution in [1.29, 1.82) is 0 Å². The van der Waals surface area contributed by atoms with Gasteiger partial charge in [-0.15, -0.1) is 0 Å². The molecule has 2 aliphatic rings. The number of benzene rings is 2. The van der Waals surface area contributed by atoms with E-state index < -0.39 is 29.9 Å². The molecule has 2 aliphatic heterocycles. The van der Waals surface area contributed by atoms with E-state index in [1.54, 1.807) is 67.2 Å². The number of carboxylic acid groups (broad SMARTS) is 1. The highest BCUT2D eigenvalue weighted by Gasteiger charge is 2.44. The summed E-state index contributed by atoms with van der Waals surface area (Å²) in [4.78, 5) is 53.9. The molecular formula is C24H17N4O5S2-. The number of anilines is 2. The highest BCUT2D eigenvalue weighted by atomic mass is 32.2. The van der Waals surface area contributed by atoms with Gasteiger partial charge < -0.3 is 14.8 Å². The fraction of sp³-hybridized carbons (Fsp3) is 0.125. The van der Waals surface area contributed by atoms with E-state index in [0.29, 0.717) is 22.6 Å². The molecule has 35 heavy (non-hydrogen) atoms. The summed E-state index contributed by atoms with van der Waals surface area (Å²) in [6, 6.07) is 15.6. The molecule has 5 rings (SSSR count). The van der Waals surface area contributed by atoms with Gasteiger partial charge in [-0.25, -0.2) is 4.68 Å². The Labute approximate surface area is 208 Å². The number of fused-ring (bicyclic) bond motifs is 1. The van der Waals surface area contributed by atoms with Gasteiger partial charge in [-0.05, 0) is 25.1 Å². The molecule has 0 unspecified atom stereocenters. The molecule has 1 aromatic heterocycles. The Hall–Kier alpha value is -3.96. The number of thiocarbonyl (C=S) groups is 1. The number of thioether (sulfide) groups is 1. The van der Waals surface area contributed by atoms with E-state index in [1.807, 2.05) is 6.07 Å². The lowest BCUT2D eigenvalue weighted by Gasteiger charge is -2.17. The van der Waals surface area contributed by atoms with Crippen LogP contribution in [0.3, 0.4) is 0 Å². The largest absolute Gasteiger partial charge is 0.548 e. The van der Waals surface area contributed by atoms with Gasteiger partial charge in [-0.2, -0.15) is 0 Å². The summed E-state index contributed by atoms with van der Waals surface area (Å²) in [6.07, 6.45) is 0. The summed E-state index contributed by atoms with van der Waals surface area (Å²) < 4.78 is 3.18. The molecule has 176 valence electrons. The second-order valence-corrected chi connectivity index (χ2v) is 9.55. The first-order chi connectivity index (χ1) is 16.7. The minimum Gasteiger partial charge on any atom is -0.548 e. The number of aliphatic carboxylic acids is 1. The van der Waals surface area contributed by atoms with Gasteiger partial charge in [0.1, 0.15) is 5.69 Å². The molecule has 1 fully saturated rings. The average molecular weight is 506 g/mol. The van der Waals surface area contributed by atoms with Gasteiger partial charge in [0, 0.05) is 12.6 Å². The zero-order valence-electron chi connectivity index (χ0n) is 18.5. The third kappa shape index (κ3) is 3.43. The van der Waals surface area contributed by atoms with Crippen molar-refractivity contribution in [2.24, 2.45) is 7.05 Å². The van der Waals surface area contributed by atoms with Gasteiger partial charge in [0.05, 0.1) is 40.1 Å². The first-order valence-corrected chi connectivity index (χ1v) is 11.7. The van der Waals surface area contributed by atoms with E-state index >= 15 is 0 Å². The third-order valence-corrected chi connectivity index (χ3v) is 7.33. The van der Waals surface area contributed by atoms with Crippen LogP contribution in [0.15, 0.2) is 64.3 Å². The van der Waals surface area contributed by atoms with Crippen molar-refractivity contribution >= 4 is 63.0 Å². The Morgan fingerprint density at radius 3 is 2.34 bits per heavy atom. The van der Waals surface area contributed by atoms with E-state index in [-0.39, 0.29) is 20.5 Å². The quantitative estimate of drug-likeness (QED) is 0.389. The van der Waals surface area contributed by atoms with Gasteiger partial charge in [-0.3, -0.25) is 24.0 Å². The number of rotatable bonds is 4. The molecule has 0 N–H and O–H groups in total. The Morgan fingerprint density at radius 2 is 1.66 bits per heavy atom. The van der Waals surface area contributed by atoms with Crippen molar-refractivity contribution in [3.05, 3.63) is 81.1 Å². The van der Waals surface area contributed by atoms with E-state index in [9.17, 15) is 24.3 Å². The molecule has 1 saturated heterocycles. The number of carboxylic acids is 1. The number of carbonyl (C=O) groups excluding carboxylic acids is 3. The van der Waals surface area contributed by atoms with Crippen molar-refractivity contribution in [2.45, 2.75) is 6.92 Å². The Balaban J connectivity index is 1.65. The lowest BCUT2D eigenvalue weighted by Crippen LogP contribution is -2.39. The molecule has 0 spiro atoms. The lowest BCUT2D eigenvalue weighted by molar-refractivity contribution is -0.303. The second kappa shape index (κ2) is 8.36. The van der Waals surface area contributed by atoms with Gasteiger partial charge in [0.25, 0.3) is 17.4 Å². The minimum atomic E-state index is -1.43. The Bertz CT molecular complexity index is 1540. The van der Waals surface area contributed by atoms with Crippen LogP contribution in [0.5, 0.6) is 0 Å². The van der Waals surface area contributed by atoms with Crippen LogP contribution < -0.4 is 20.5 Å². The van der Waals surface area contributed by atoms with Crippen molar-refractivity contribution in [3.63, 3.8) is 0 Å². The van der Waals surface area contributed by atoms with Crippen LogP contribution in [0, 0.1) is 6.92 Å². The molecule has 0 aliphatic carbocycles. The predicted octanol–water partition coefficient (Wildman–Crippen LogP) is 1.36. The Morgan fingerprint density at radius 1 is 1.00 bits per heavy atom. The number of nitrogens with zero attached hydrogens (tertiary/aromatic N) is 4. The highest BCUT2D eigenvalue weighted by Crippen LogP contribution is 2.45. The van der Waals surface area contributed by atoms with Crippen LogP contribution >= 0.6 is 24.0 Å². The molecule has 2 amide bonds. The zero-order chi connectivity index (χ0) is 25.0. The topological polar surface area (TPSA) is 108 Å². The summed E-state index contributed by atoms with van der Waals surface area (Å²) in [5.41, 5.74) is 1.64. The van der Waals surface area contributed by atoms with E-state index in [2.05, 4.69) is 0 Å². The van der Waals surface area contributed by atoms with E-state index in [0.717, 1.165) is 21.6 Å². The van der Waals surface area contributed by atoms with Crippen molar-refractivity contribution in [1.82, 2.24) is 9.36 Å². The van der Waals surface area contributed by atoms with Crippen molar-refractivity contribution in [2.75, 3.05) is 16.3 Å². The van der Waals surface area contributed by atoms with Gasteiger partial charge in [0.15, 0.2) is 4.32 Å². The number of carbonyl (C=O) groups is 3. The normalized spacial score (nSPS) is 17.5. The summed E-state index contributed by atoms with van der Waals surface area (Å²) in [7, 11) is 1.71. The molecule has 0 atom stereocenters. The molecule has 0 bridgehead atoms. The zero-order valence-corrected chi connectivity index (χ0v) is 20.2. The molecular weight excluding hydrogens is 488 g/mol. The second-order valence-electron chi connectivity index (χ2n) is 7.90. The van der Waals surface area contributed by atoms with Crippen LogP contribution in [0.2, 0.25) is 0 Å². The Kier molecular flexibility index (Phi) is 5.45. The highest BCUT2D eigenvalue weighted by molar-refractivity contribution is 8.27. The number of amides is 2. The molecule has 3 aromatic rings. The van der Waals surface area contributed by atoms with Crippen LogP contribution in [0.25, 0.3) is 11.3 Å². The smallest absolute Gasteiger partial charge is 0.296 e. The molecule has 3 heterocycles. The third-order valence-electron chi connectivity index (χ3n) is 5.95. The van der Waals surface area contributed by atoms with E-state index in [4.69, 9.17) is 12.2 Å².